The molecule has 0 unspecified atom stereocenters. The van der Waals surface area contributed by atoms with Gasteiger partial charge in [0.15, 0.2) is 0 Å². The maximum Gasteiger partial charge on any atom is 0.347 e. The summed E-state index contributed by atoms with van der Waals surface area (Å²) in [5, 5.41) is 4.97. The van der Waals surface area contributed by atoms with Crippen LogP contribution in [0.3, 0.4) is 0 Å². The summed E-state index contributed by atoms with van der Waals surface area (Å²) < 4.78 is 10.7. The number of anilines is 2. The molecule has 0 amide bonds. The Kier molecular flexibility index (Phi) is 5.74. The van der Waals surface area contributed by atoms with Crippen LogP contribution in [-0.4, -0.2) is 13.3 Å². The summed E-state index contributed by atoms with van der Waals surface area (Å²) in [5.74, 6) is 0.734. The van der Waals surface area contributed by atoms with Gasteiger partial charge in [0, 0.05) is 27.3 Å². The van der Waals surface area contributed by atoms with E-state index in [2.05, 4.69) is 10.3 Å². The van der Waals surface area contributed by atoms with Gasteiger partial charge in [-0.2, -0.15) is 0 Å². The lowest BCUT2D eigenvalue weighted by Gasteiger charge is -2.12. The topological polar surface area (TPSA) is 63.8 Å². The van der Waals surface area contributed by atoms with Gasteiger partial charge >= 0.3 is 5.63 Å². The number of aliphatic imine (C=N–C) groups is 1. The SMILES string of the molecule is COc1ccc(Nc2c(/C=N/c3cc(Cl)cc(Cl)c3)c(=O)oc3ccccc23)cc1. The molecule has 0 aliphatic rings. The molecule has 1 aromatic heterocycles. The third-order valence-electron chi connectivity index (χ3n) is 4.40. The first kappa shape index (κ1) is 20.0. The molecule has 7 heteroatoms. The fourth-order valence-electron chi connectivity index (χ4n) is 2.99. The van der Waals surface area contributed by atoms with Crippen molar-refractivity contribution in [3.63, 3.8) is 0 Å². The second kappa shape index (κ2) is 8.61. The van der Waals surface area contributed by atoms with Gasteiger partial charge in [0.2, 0.25) is 0 Å². The van der Waals surface area contributed by atoms with Gasteiger partial charge in [-0.25, -0.2) is 4.79 Å². The van der Waals surface area contributed by atoms with Gasteiger partial charge < -0.3 is 14.5 Å². The summed E-state index contributed by atoms with van der Waals surface area (Å²) in [5.41, 5.74) is 2.13. The molecule has 0 fully saturated rings. The van der Waals surface area contributed by atoms with Crippen LogP contribution < -0.4 is 15.7 Å². The highest BCUT2D eigenvalue weighted by Crippen LogP contribution is 2.29. The second-order valence-corrected chi connectivity index (χ2v) is 7.29. The van der Waals surface area contributed by atoms with E-state index in [4.69, 9.17) is 32.4 Å². The minimum Gasteiger partial charge on any atom is -0.497 e. The normalized spacial score (nSPS) is 11.2. The van der Waals surface area contributed by atoms with E-state index in [1.165, 1.54) is 6.21 Å². The molecule has 4 aromatic rings. The van der Waals surface area contributed by atoms with E-state index < -0.39 is 5.63 Å². The second-order valence-electron chi connectivity index (χ2n) is 6.41. The smallest absolute Gasteiger partial charge is 0.347 e. The molecule has 0 aliphatic heterocycles. The summed E-state index contributed by atoms with van der Waals surface area (Å²) in [6.07, 6.45) is 1.45. The Bertz CT molecular complexity index is 1280. The summed E-state index contributed by atoms with van der Waals surface area (Å²) in [6, 6.07) is 19.6. The molecule has 150 valence electrons. The van der Waals surface area contributed by atoms with Crippen molar-refractivity contribution in [2.75, 3.05) is 12.4 Å². The minimum absolute atomic E-state index is 0.278. The largest absolute Gasteiger partial charge is 0.497 e. The predicted octanol–water partition coefficient (Wildman–Crippen LogP) is 6.60. The van der Waals surface area contributed by atoms with Gasteiger partial charge in [-0.3, -0.25) is 4.99 Å². The van der Waals surface area contributed by atoms with Crippen molar-refractivity contribution in [1.82, 2.24) is 0 Å². The highest BCUT2D eigenvalue weighted by molar-refractivity contribution is 6.35. The number of ether oxygens (including phenoxy) is 1. The fourth-order valence-corrected chi connectivity index (χ4v) is 3.50. The number of halogens is 2. The van der Waals surface area contributed by atoms with Gasteiger partial charge in [0.1, 0.15) is 16.9 Å². The summed E-state index contributed by atoms with van der Waals surface area (Å²) in [7, 11) is 1.61. The molecule has 4 rings (SSSR count). The first-order valence-corrected chi connectivity index (χ1v) is 9.76. The molecule has 0 bridgehead atoms. The number of nitrogens with one attached hydrogen (secondary N) is 1. The Morgan fingerprint density at radius 1 is 1.00 bits per heavy atom. The Morgan fingerprint density at radius 2 is 1.70 bits per heavy atom. The molecule has 0 saturated carbocycles. The van der Waals surface area contributed by atoms with Gasteiger partial charge in [-0.15, -0.1) is 0 Å². The highest BCUT2D eigenvalue weighted by Gasteiger charge is 2.14. The Labute approximate surface area is 182 Å². The van der Waals surface area contributed by atoms with E-state index in [0.29, 0.717) is 27.0 Å². The Hall–Kier alpha value is -3.28. The van der Waals surface area contributed by atoms with Gasteiger partial charge in [0.05, 0.1) is 18.5 Å². The third kappa shape index (κ3) is 4.32. The first-order valence-electron chi connectivity index (χ1n) is 9.00. The van der Waals surface area contributed by atoms with E-state index in [1.807, 2.05) is 42.5 Å². The molecule has 30 heavy (non-hydrogen) atoms. The monoisotopic (exact) mass is 438 g/mol. The van der Waals surface area contributed by atoms with E-state index in [0.717, 1.165) is 16.8 Å². The Morgan fingerprint density at radius 3 is 2.40 bits per heavy atom. The molecule has 1 N–H and O–H groups in total. The molecule has 0 atom stereocenters. The average Bonchev–Trinajstić information content (AvgIpc) is 2.73. The summed E-state index contributed by atoms with van der Waals surface area (Å²) in [4.78, 5) is 17.1. The number of para-hydroxylation sites is 1. The van der Waals surface area contributed by atoms with Crippen LogP contribution in [0.4, 0.5) is 17.1 Å². The third-order valence-corrected chi connectivity index (χ3v) is 4.83. The highest BCUT2D eigenvalue weighted by atomic mass is 35.5. The van der Waals surface area contributed by atoms with E-state index in [-0.39, 0.29) is 5.56 Å². The summed E-state index contributed by atoms with van der Waals surface area (Å²) >= 11 is 12.1. The maximum atomic E-state index is 12.7. The van der Waals surface area contributed by atoms with Crippen molar-refractivity contribution in [2.24, 2.45) is 4.99 Å². The predicted molar refractivity (Wildman–Crippen MR) is 122 cm³/mol. The van der Waals surface area contributed by atoms with Crippen molar-refractivity contribution in [3.8, 4) is 5.75 Å². The fraction of sp³-hybridized carbons (Fsp3) is 0.0435. The number of nitrogens with zero attached hydrogens (tertiary/aromatic N) is 1. The number of fused-ring (bicyclic) bond motifs is 1. The van der Waals surface area contributed by atoms with E-state index in [1.54, 1.807) is 31.4 Å². The van der Waals surface area contributed by atoms with Crippen molar-refractivity contribution in [1.29, 1.82) is 0 Å². The van der Waals surface area contributed by atoms with Crippen LogP contribution >= 0.6 is 23.2 Å². The molecule has 0 spiro atoms. The maximum absolute atomic E-state index is 12.7. The number of benzene rings is 3. The minimum atomic E-state index is -0.512. The lowest BCUT2D eigenvalue weighted by Crippen LogP contribution is -2.11. The molecule has 1 heterocycles. The van der Waals surface area contributed by atoms with Gasteiger partial charge in [-0.05, 0) is 54.6 Å². The zero-order valence-corrected chi connectivity index (χ0v) is 17.4. The standard InChI is InChI=1S/C23H16Cl2N2O3/c1-29-18-8-6-16(7-9-18)27-22-19-4-2-3-5-21(19)30-23(28)20(22)13-26-17-11-14(24)10-15(25)12-17/h2-13,27H,1H3/b26-13+. The van der Waals surface area contributed by atoms with Crippen LogP contribution in [0.1, 0.15) is 5.56 Å². The molecular weight excluding hydrogens is 423 g/mol. The van der Waals surface area contributed by atoms with Crippen LogP contribution in [0.15, 0.2) is 80.9 Å². The van der Waals surface area contributed by atoms with Crippen LogP contribution in [0.25, 0.3) is 11.0 Å². The van der Waals surface area contributed by atoms with E-state index in [9.17, 15) is 4.79 Å². The first-order chi connectivity index (χ1) is 14.5. The summed E-state index contributed by atoms with van der Waals surface area (Å²) in [6.45, 7) is 0. The molecule has 3 aromatic carbocycles. The van der Waals surface area contributed by atoms with Crippen molar-refractivity contribution in [2.45, 2.75) is 0 Å². The number of hydrogen-bond acceptors (Lipinski definition) is 5. The van der Waals surface area contributed by atoms with Gasteiger partial charge in [0.25, 0.3) is 0 Å². The molecule has 0 aliphatic carbocycles. The quantitative estimate of drug-likeness (QED) is 0.281. The molecular formula is C23H16Cl2N2O3. The van der Waals surface area contributed by atoms with E-state index >= 15 is 0 Å². The lowest BCUT2D eigenvalue weighted by molar-refractivity contribution is 0.415. The van der Waals surface area contributed by atoms with Gasteiger partial charge in [-0.1, -0.05) is 35.3 Å². The lowest BCUT2D eigenvalue weighted by atomic mass is 10.1. The zero-order chi connectivity index (χ0) is 21.1. The average molecular weight is 439 g/mol. The molecule has 0 saturated heterocycles. The van der Waals surface area contributed by atoms with Crippen LogP contribution in [0.2, 0.25) is 10.0 Å². The van der Waals surface area contributed by atoms with Crippen molar-refractivity contribution >= 4 is 57.4 Å². The van der Waals surface area contributed by atoms with Crippen LogP contribution in [0, 0.1) is 0 Å². The number of rotatable bonds is 5. The number of methoxy groups -OCH3 is 1. The molecule has 0 radical (unpaired) electrons. The number of hydrogen-bond donors (Lipinski definition) is 1. The zero-order valence-electron chi connectivity index (χ0n) is 15.9. The Balaban J connectivity index is 1.83. The van der Waals surface area contributed by atoms with Crippen LogP contribution in [0.5, 0.6) is 5.75 Å². The molecule has 5 nitrogen and oxygen atoms in total. The van der Waals surface area contributed by atoms with Crippen molar-refractivity contribution in [3.05, 3.63) is 92.8 Å². The van der Waals surface area contributed by atoms with Crippen molar-refractivity contribution < 1.29 is 9.15 Å². The van der Waals surface area contributed by atoms with Crippen LogP contribution in [-0.2, 0) is 0 Å².